The summed E-state index contributed by atoms with van der Waals surface area (Å²) in [5.74, 6) is 0.736. The molecule has 74 valence electrons. The van der Waals surface area contributed by atoms with Gasteiger partial charge in [0, 0.05) is 18.0 Å². The van der Waals surface area contributed by atoms with Crippen LogP contribution in [0.2, 0.25) is 0 Å². The standard InChI is InChI=1S/C11H13NO2/c1-2-8-5-12-6-9(7-13)11(8)14-10-3-4-10/h5-7,10H,2-4H2,1H3. The predicted octanol–water partition coefficient (Wildman–Crippen LogP) is 2.00. The average molecular weight is 191 g/mol. The lowest BCUT2D eigenvalue weighted by molar-refractivity contribution is 0.111. The van der Waals surface area contributed by atoms with Gasteiger partial charge in [0.1, 0.15) is 5.75 Å². The molecule has 0 amide bonds. The van der Waals surface area contributed by atoms with Gasteiger partial charge in [0.25, 0.3) is 0 Å². The molecule has 3 heteroatoms. The molecule has 0 radical (unpaired) electrons. The van der Waals surface area contributed by atoms with E-state index in [1.54, 1.807) is 12.4 Å². The van der Waals surface area contributed by atoms with Crippen molar-refractivity contribution in [1.82, 2.24) is 4.98 Å². The second-order valence-corrected chi connectivity index (χ2v) is 3.51. The van der Waals surface area contributed by atoms with Crippen LogP contribution in [-0.4, -0.2) is 17.4 Å². The first-order chi connectivity index (χ1) is 6.85. The molecule has 0 atom stereocenters. The van der Waals surface area contributed by atoms with E-state index in [0.717, 1.165) is 36.9 Å². The quantitative estimate of drug-likeness (QED) is 0.683. The maximum atomic E-state index is 10.8. The molecule has 1 fully saturated rings. The minimum atomic E-state index is 0.321. The maximum absolute atomic E-state index is 10.8. The second kappa shape index (κ2) is 3.78. The molecule has 0 N–H and O–H groups in total. The minimum Gasteiger partial charge on any atom is -0.489 e. The molecule has 1 heterocycles. The van der Waals surface area contributed by atoms with Gasteiger partial charge in [0.05, 0.1) is 11.7 Å². The first-order valence-corrected chi connectivity index (χ1v) is 4.94. The zero-order chi connectivity index (χ0) is 9.97. The lowest BCUT2D eigenvalue weighted by atomic mass is 10.1. The van der Waals surface area contributed by atoms with Gasteiger partial charge in [-0.25, -0.2) is 0 Å². The molecule has 0 bridgehead atoms. The number of aldehydes is 1. The molecule has 1 aromatic rings. The molecule has 1 aliphatic carbocycles. The minimum absolute atomic E-state index is 0.321. The van der Waals surface area contributed by atoms with Crippen molar-refractivity contribution >= 4 is 6.29 Å². The zero-order valence-electron chi connectivity index (χ0n) is 8.19. The number of aryl methyl sites for hydroxylation is 1. The van der Waals surface area contributed by atoms with Crippen LogP contribution in [0.3, 0.4) is 0 Å². The fourth-order valence-electron chi connectivity index (χ4n) is 1.34. The van der Waals surface area contributed by atoms with Crippen molar-refractivity contribution in [3.63, 3.8) is 0 Å². The average Bonchev–Trinajstić information content (AvgIpc) is 3.02. The topological polar surface area (TPSA) is 39.2 Å². The normalized spacial score (nSPS) is 15.2. The van der Waals surface area contributed by atoms with Crippen molar-refractivity contribution in [2.24, 2.45) is 0 Å². The van der Waals surface area contributed by atoms with E-state index >= 15 is 0 Å². The van der Waals surface area contributed by atoms with Gasteiger partial charge in [0.15, 0.2) is 6.29 Å². The van der Waals surface area contributed by atoms with E-state index in [9.17, 15) is 4.79 Å². The summed E-state index contributed by atoms with van der Waals surface area (Å²) in [4.78, 5) is 14.8. The summed E-state index contributed by atoms with van der Waals surface area (Å²) in [6.45, 7) is 2.03. The number of hydrogen-bond acceptors (Lipinski definition) is 3. The van der Waals surface area contributed by atoms with Crippen LogP contribution in [0.4, 0.5) is 0 Å². The number of pyridine rings is 1. The summed E-state index contributed by atoms with van der Waals surface area (Å²) in [5, 5.41) is 0. The summed E-state index contributed by atoms with van der Waals surface area (Å²) in [5.41, 5.74) is 1.58. The van der Waals surface area contributed by atoms with Crippen LogP contribution in [0.25, 0.3) is 0 Å². The molecule has 3 nitrogen and oxygen atoms in total. The van der Waals surface area contributed by atoms with Gasteiger partial charge in [-0.1, -0.05) is 6.92 Å². The van der Waals surface area contributed by atoms with Gasteiger partial charge in [-0.3, -0.25) is 9.78 Å². The number of carbonyl (C=O) groups excluding carboxylic acids is 1. The fraction of sp³-hybridized carbons (Fsp3) is 0.455. The van der Waals surface area contributed by atoms with Crippen LogP contribution in [0.1, 0.15) is 35.7 Å². The van der Waals surface area contributed by atoms with Gasteiger partial charge in [0.2, 0.25) is 0 Å². The summed E-state index contributed by atoms with van der Waals surface area (Å²) in [7, 11) is 0. The highest BCUT2D eigenvalue weighted by Crippen LogP contribution is 2.30. The number of carbonyl (C=O) groups is 1. The highest BCUT2D eigenvalue weighted by atomic mass is 16.5. The molecule has 0 aromatic carbocycles. The van der Waals surface area contributed by atoms with Crippen LogP contribution in [0, 0.1) is 0 Å². The van der Waals surface area contributed by atoms with Crippen LogP contribution in [0.5, 0.6) is 5.75 Å². The molecule has 0 saturated heterocycles. The van der Waals surface area contributed by atoms with E-state index < -0.39 is 0 Å². The molecular weight excluding hydrogens is 178 g/mol. The molecule has 1 aromatic heterocycles. The third-order valence-electron chi connectivity index (χ3n) is 2.31. The third kappa shape index (κ3) is 1.76. The summed E-state index contributed by atoms with van der Waals surface area (Å²) in [6.07, 6.45) is 7.50. The fourth-order valence-corrected chi connectivity index (χ4v) is 1.34. The van der Waals surface area contributed by atoms with Gasteiger partial charge < -0.3 is 4.74 Å². The SMILES string of the molecule is CCc1cncc(C=O)c1OC1CC1. The Balaban J connectivity index is 2.33. The van der Waals surface area contributed by atoms with E-state index in [-0.39, 0.29) is 0 Å². The van der Waals surface area contributed by atoms with Crippen molar-refractivity contribution in [1.29, 1.82) is 0 Å². The molecule has 0 spiro atoms. The van der Waals surface area contributed by atoms with Crippen molar-refractivity contribution in [2.75, 3.05) is 0 Å². The number of ether oxygens (including phenoxy) is 1. The Labute approximate surface area is 83.1 Å². The van der Waals surface area contributed by atoms with Crippen LogP contribution in [-0.2, 0) is 6.42 Å². The molecular formula is C11H13NO2. The second-order valence-electron chi connectivity index (χ2n) is 3.51. The van der Waals surface area contributed by atoms with Crippen molar-refractivity contribution in [3.8, 4) is 5.75 Å². The smallest absolute Gasteiger partial charge is 0.155 e. The predicted molar refractivity (Wildman–Crippen MR) is 52.7 cm³/mol. The van der Waals surface area contributed by atoms with E-state index in [0.29, 0.717) is 11.7 Å². The highest BCUT2D eigenvalue weighted by Gasteiger charge is 2.25. The Morgan fingerprint density at radius 3 is 2.93 bits per heavy atom. The summed E-state index contributed by atoms with van der Waals surface area (Å²) >= 11 is 0. The third-order valence-corrected chi connectivity index (χ3v) is 2.31. The van der Waals surface area contributed by atoms with Gasteiger partial charge in [-0.2, -0.15) is 0 Å². The number of aromatic nitrogens is 1. The van der Waals surface area contributed by atoms with Crippen molar-refractivity contribution in [3.05, 3.63) is 23.5 Å². The number of nitrogens with zero attached hydrogens (tertiary/aromatic N) is 1. The van der Waals surface area contributed by atoms with Gasteiger partial charge in [-0.05, 0) is 19.3 Å². The molecule has 1 saturated carbocycles. The van der Waals surface area contributed by atoms with E-state index in [1.165, 1.54) is 0 Å². The molecule has 2 rings (SSSR count). The first kappa shape index (κ1) is 9.19. The lowest BCUT2D eigenvalue weighted by Crippen LogP contribution is -2.03. The molecule has 1 aliphatic rings. The number of hydrogen-bond donors (Lipinski definition) is 0. The monoisotopic (exact) mass is 191 g/mol. The number of rotatable bonds is 4. The van der Waals surface area contributed by atoms with E-state index in [2.05, 4.69) is 4.98 Å². The summed E-state index contributed by atoms with van der Waals surface area (Å²) in [6, 6.07) is 0. The van der Waals surface area contributed by atoms with Gasteiger partial charge >= 0.3 is 0 Å². The molecule has 14 heavy (non-hydrogen) atoms. The Hall–Kier alpha value is -1.38. The Kier molecular flexibility index (Phi) is 2.48. The summed E-state index contributed by atoms with van der Waals surface area (Å²) < 4.78 is 5.70. The molecule has 0 aliphatic heterocycles. The van der Waals surface area contributed by atoms with Crippen molar-refractivity contribution < 1.29 is 9.53 Å². The van der Waals surface area contributed by atoms with E-state index in [4.69, 9.17) is 4.74 Å². The van der Waals surface area contributed by atoms with Crippen LogP contribution < -0.4 is 4.74 Å². The first-order valence-electron chi connectivity index (χ1n) is 4.94. The highest BCUT2D eigenvalue weighted by molar-refractivity contribution is 5.79. The Bertz CT molecular complexity index is 345. The van der Waals surface area contributed by atoms with E-state index in [1.807, 2.05) is 6.92 Å². The zero-order valence-corrected chi connectivity index (χ0v) is 8.19. The maximum Gasteiger partial charge on any atom is 0.155 e. The van der Waals surface area contributed by atoms with Crippen molar-refractivity contribution in [2.45, 2.75) is 32.3 Å². The van der Waals surface area contributed by atoms with Gasteiger partial charge in [-0.15, -0.1) is 0 Å². The largest absolute Gasteiger partial charge is 0.489 e. The Morgan fingerprint density at radius 2 is 2.36 bits per heavy atom. The molecule has 0 unspecified atom stereocenters. The van der Waals surface area contributed by atoms with Crippen LogP contribution in [0.15, 0.2) is 12.4 Å². The Morgan fingerprint density at radius 1 is 1.57 bits per heavy atom. The van der Waals surface area contributed by atoms with Crippen LogP contribution >= 0.6 is 0 Å². The lowest BCUT2D eigenvalue weighted by Gasteiger charge is -2.10.